The molecule has 1 aromatic carbocycles. The van der Waals surface area contributed by atoms with E-state index in [2.05, 4.69) is 19.2 Å². The second-order valence-corrected chi connectivity index (χ2v) is 6.67. The summed E-state index contributed by atoms with van der Waals surface area (Å²) in [6.45, 7) is 8.26. The van der Waals surface area contributed by atoms with Crippen molar-refractivity contribution < 1.29 is 14.6 Å². The van der Waals surface area contributed by atoms with Crippen LogP contribution in [0.5, 0.6) is 5.75 Å². The van der Waals surface area contributed by atoms with E-state index in [4.69, 9.17) is 15.6 Å². The van der Waals surface area contributed by atoms with Crippen LogP contribution in [0.4, 0.5) is 5.69 Å². The molecular weight excluding hydrogens is 280 g/mol. The Hall–Kier alpha value is -1.75. The molecule has 0 aliphatic rings. The summed E-state index contributed by atoms with van der Waals surface area (Å²) in [7, 11) is 0. The number of hydrogen-bond donors (Lipinski definition) is 3. The molecule has 0 aromatic heterocycles. The number of anilines is 1. The fraction of sp³-hybridized carbons (Fsp3) is 0.588. The first-order valence-corrected chi connectivity index (χ1v) is 7.66. The third kappa shape index (κ3) is 6.35. The summed E-state index contributed by atoms with van der Waals surface area (Å²) < 4.78 is 5.63. The Morgan fingerprint density at radius 1 is 1.41 bits per heavy atom. The van der Waals surface area contributed by atoms with Crippen molar-refractivity contribution >= 4 is 11.6 Å². The van der Waals surface area contributed by atoms with Crippen molar-refractivity contribution in [2.75, 3.05) is 18.9 Å². The maximum absolute atomic E-state index is 11.8. The second-order valence-electron chi connectivity index (χ2n) is 6.67. The van der Waals surface area contributed by atoms with Crippen LogP contribution in [0.15, 0.2) is 18.2 Å². The predicted octanol–water partition coefficient (Wildman–Crippen LogP) is 2.12. The molecule has 0 aliphatic carbocycles. The standard InChI is InChI=1S/C17H28N2O3/c1-12(2)10-22-15-7-5-13(9-14(15)18)6-8-16(21)19-17(3,4)11-20/h5,7,9,12,20H,6,8,10-11,18H2,1-4H3,(H,19,21). The number of nitrogens with two attached hydrogens (primary N) is 1. The van der Waals surface area contributed by atoms with Crippen molar-refractivity contribution in [1.82, 2.24) is 5.32 Å². The monoisotopic (exact) mass is 308 g/mol. The van der Waals surface area contributed by atoms with E-state index in [0.717, 1.165) is 5.56 Å². The van der Waals surface area contributed by atoms with E-state index in [1.807, 2.05) is 18.2 Å². The lowest BCUT2D eigenvalue weighted by atomic mass is 10.1. The Morgan fingerprint density at radius 3 is 2.64 bits per heavy atom. The molecule has 4 N–H and O–H groups in total. The van der Waals surface area contributed by atoms with Gasteiger partial charge in [0.1, 0.15) is 5.75 Å². The van der Waals surface area contributed by atoms with Gasteiger partial charge in [0.2, 0.25) is 5.91 Å². The molecule has 5 nitrogen and oxygen atoms in total. The average Bonchev–Trinajstić information content (AvgIpc) is 2.43. The predicted molar refractivity (Wildman–Crippen MR) is 88.8 cm³/mol. The van der Waals surface area contributed by atoms with E-state index >= 15 is 0 Å². The van der Waals surface area contributed by atoms with Crippen LogP contribution in [0.2, 0.25) is 0 Å². The van der Waals surface area contributed by atoms with Crippen LogP contribution in [0, 0.1) is 5.92 Å². The van der Waals surface area contributed by atoms with Crippen LogP contribution in [-0.4, -0.2) is 29.8 Å². The van der Waals surface area contributed by atoms with Crippen LogP contribution in [0.3, 0.4) is 0 Å². The highest BCUT2D eigenvalue weighted by Gasteiger charge is 2.18. The molecule has 0 saturated heterocycles. The molecule has 124 valence electrons. The molecule has 22 heavy (non-hydrogen) atoms. The van der Waals surface area contributed by atoms with Crippen LogP contribution in [0.25, 0.3) is 0 Å². The number of ether oxygens (including phenoxy) is 1. The first-order chi connectivity index (χ1) is 10.2. The van der Waals surface area contributed by atoms with E-state index < -0.39 is 5.54 Å². The topological polar surface area (TPSA) is 84.6 Å². The highest BCUT2D eigenvalue weighted by atomic mass is 16.5. The molecule has 0 fully saturated rings. The lowest BCUT2D eigenvalue weighted by Gasteiger charge is -2.23. The normalized spacial score (nSPS) is 11.5. The summed E-state index contributed by atoms with van der Waals surface area (Å²) in [5.41, 5.74) is 6.97. The Balaban J connectivity index is 2.53. The van der Waals surface area contributed by atoms with Gasteiger partial charge in [-0.1, -0.05) is 19.9 Å². The molecule has 0 unspecified atom stereocenters. The van der Waals surface area contributed by atoms with Gasteiger partial charge in [0.15, 0.2) is 0 Å². The third-order valence-electron chi connectivity index (χ3n) is 3.16. The number of aliphatic hydroxyl groups excluding tert-OH is 1. The summed E-state index contributed by atoms with van der Waals surface area (Å²) in [5.74, 6) is 1.04. The molecular formula is C17H28N2O3. The van der Waals surface area contributed by atoms with Crippen LogP contribution in [-0.2, 0) is 11.2 Å². The number of rotatable bonds is 8. The molecule has 0 aliphatic heterocycles. The summed E-state index contributed by atoms with van der Waals surface area (Å²) >= 11 is 0. The summed E-state index contributed by atoms with van der Waals surface area (Å²) in [4.78, 5) is 11.8. The minimum Gasteiger partial charge on any atom is -0.491 e. The van der Waals surface area contributed by atoms with Gasteiger partial charge in [-0.3, -0.25) is 4.79 Å². The maximum atomic E-state index is 11.8. The average molecular weight is 308 g/mol. The smallest absolute Gasteiger partial charge is 0.220 e. The zero-order valence-electron chi connectivity index (χ0n) is 14.0. The van der Waals surface area contributed by atoms with Crippen molar-refractivity contribution in [2.24, 2.45) is 5.92 Å². The fourth-order valence-electron chi connectivity index (χ4n) is 1.88. The number of nitrogens with one attached hydrogen (secondary N) is 1. The molecule has 0 heterocycles. The van der Waals surface area contributed by atoms with Gasteiger partial charge in [-0.05, 0) is 43.9 Å². The van der Waals surface area contributed by atoms with E-state index in [0.29, 0.717) is 36.8 Å². The number of benzene rings is 1. The molecule has 1 aromatic rings. The van der Waals surface area contributed by atoms with Crippen molar-refractivity contribution in [3.63, 3.8) is 0 Å². The molecule has 0 bridgehead atoms. The van der Waals surface area contributed by atoms with Crippen molar-refractivity contribution in [3.8, 4) is 5.75 Å². The van der Waals surface area contributed by atoms with Crippen LogP contribution >= 0.6 is 0 Å². The van der Waals surface area contributed by atoms with E-state index in [9.17, 15) is 4.79 Å². The van der Waals surface area contributed by atoms with E-state index in [1.165, 1.54) is 0 Å². The Morgan fingerprint density at radius 2 is 2.09 bits per heavy atom. The summed E-state index contributed by atoms with van der Waals surface area (Å²) in [5, 5.41) is 11.9. The second kappa shape index (κ2) is 8.03. The van der Waals surface area contributed by atoms with Gasteiger partial charge >= 0.3 is 0 Å². The molecule has 1 amide bonds. The third-order valence-corrected chi connectivity index (χ3v) is 3.16. The highest BCUT2D eigenvalue weighted by molar-refractivity contribution is 5.77. The number of aryl methyl sites for hydroxylation is 1. The first kappa shape index (κ1) is 18.3. The van der Waals surface area contributed by atoms with Gasteiger partial charge in [-0.15, -0.1) is 0 Å². The molecule has 1 rings (SSSR count). The molecule has 0 saturated carbocycles. The Labute approximate surface area is 132 Å². The lowest BCUT2D eigenvalue weighted by Crippen LogP contribution is -2.46. The van der Waals surface area contributed by atoms with Gasteiger partial charge in [-0.25, -0.2) is 0 Å². The minimum atomic E-state index is -0.593. The van der Waals surface area contributed by atoms with Gasteiger partial charge in [-0.2, -0.15) is 0 Å². The zero-order chi connectivity index (χ0) is 16.8. The van der Waals surface area contributed by atoms with Crippen molar-refractivity contribution in [2.45, 2.75) is 46.1 Å². The molecule has 5 heteroatoms. The quantitative estimate of drug-likeness (QED) is 0.642. The van der Waals surface area contributed by atoms with E-state index in [-0.39, 0.29) is 12.5 Å². The number of nitrogen functional groups attached to an aromatic ring is 1. The van der Waals surface area contributed by atoms with Crippen LogP contribution in [0.1, 0.15) is 39.7 Å². The number of carbonyl (C=O) groups is 1. The van der Waals surface area contributed by atoms with Gasteiger partial charge in [0.25, 0.3) is 0 Å². The number of aliphatic hydroxyl groups is 1. The molecule has 0 atom stereocenters. The number of hydrogen-bond acceptors (Lipinski definition) is 4. The first-order valence-electron chi connectivity index (χ1n) is 7.66. The van der Waals surface area contributed by atoms with Crippen LogP contribution < -0.4 is 15.8 Å². The van der Waals surface area contributed by atoms with Gasteiger partial charge in [0, 0.05) is 6.42 Å². The summed E-state index contributed by atoms with van der Waals surface area (Å²) in [6, 6.07) is 5.62. The SMILES string of the molecule is CC(C)COc1ccc(CCC(=O)NC(C)(C)CO)cc1N. The number of carbonyl (C=O) groups excluding carboxylic acids is 1. The maximum Gasteiger partial charge on any atom is 0.220 e. The largest absolute Gasteiger partial charge is 0.491 e. The molecule has 0 radical (unpaired) electrons. The highest BCUT2D eigenvalue weighted by Crippen LogP contribution is 2.23. The molecule has 0 spiro atoms. The van der Waals surface area contributed by atoms with Crippen molar-refractivity contribution in [3.05, 3.63) is 23.8 Å². The Kier molecular flexibility index (Phi) is 6.68. The number of amides is 1. The van der Waals surface area contributed by atoms with E-state index in [1.54, 1.807) is 13.8 Å². The van der Waals surface area contributed by atoms with Gasteiger partial charge in [0.05, 0.1) is 24.4 Å². The fourth-order valence-corrected chi connectivity index (χ4v) is 1.88. The summed E-state index contributed by atoms with van der Waals surface area (Å²) in [6.07, 6.45) is 0.955. The Bertz CT molecular complexity index is 499. The lowest BCUT2D eigenvalue weighted by molar-refractivity contribution is -0.123. The van der Waals surface area contributed by atoms with Gasteiger partial charge < -0.3 is 20.9 Å². The van der Waals surface area contributed by atoms with Crippen molar-refractivity contribution in [1.29, 1.82) is 0 Å². The minimum absolute atomic E-state index is 0.0854. The zero-order valence-corrected chi connectivity index (χ0v) is 14.0.